The Morgan fingerprint density at radius 2 is 1.74 bits per heavy atom. The largest absolute Gasteiger partial charge is 0.464 e. The average molecular weight is 368 g/mol. The molecule has 2 aromatic rings. The van der Waals surface area contributed by atoms with Gasteiger partial charge in [0.05, 0.1) is 12.7 Å². The number of carbonyl (C=O) groups is 2. The Bertz CT molecular complexity index is 864. The van der Waals surface area contributed by atoms with Gasteiger partial charge in [0, 0.05) is 30.6 Å². The van der Waals surface area contributed by atoms with Crippen molar-refractivity contribution in [1.82, 2.24) is 9.80 Å². The number of likely N-dealkylation sites (tertiary alicyclic amines) is 2. The number of hydrogen-bond donors (Lipinski definition) is 0. The van der Waals surface area contributed by atoms with E-state index in [2.05, 4.69) is 19.9 Å². The normalized spacial score (nSPS) is 20.4. The second kappa shape index (κ2) is 7.37. The van der Waals surface area contributed by atoms with Crippen molar-refractivity contribution in [1.29, 1.82) is 0 Å². The van der Waals surface area contributed by atoms with Gasteiger partial charge in [0.25, 0.3) is 0 Å². The lowest BCUT2D eigenvalue weighted by Gasteiger charge is -2.36. The number of benzene rings is 1. The summed E-state index contributed by atoms with van der Waals surface area (Å²) in [5.74, 6) is 0.178. The van der Waals surface area contributed by atoms with E-state index in [-0.39, 0.29) is 17.9 Å². The number of fused-ring (bicyclic) bond motifs is 1. The van der Waals surface area contributed by atoms with Crippen LogP contribution >= 0.6 is 0 Å². The molecule has 0 N–H and O–H groups in total. The van der Waals surface area contributed by atoms with Crippen molar-refractivity contribution in [3.63, 3.8) is 0 Å². The van der Waals surface area contributed by atoms with Crippen molar-refractivity contribution in [3.05, 3.63) is 35.1 Å². The van der Waals surface area contributed by atoms with Gasteiger partial charge in [-0.2, -0.15) is 0 Å². The lowest BCUT2D eigenvalue weighted by atomic mass is 9.99. The molecule has 2 fully saturated rings. The summed E-state index contributed by atoms with van der Waals surface area (Å²) in [6.07, 6.45) is 6.91. The first-order valence-electron chi connectivity index (χ1n) is 10.1. The third-order valence-electron chi connectivity index (χ3n) is 6.14. The van der Waals surface area contributed by atoms with Crippen molar-refractivity contribution in [2.24, 2.45) is 0 Å². The van der Waals surface area contributed by atoms with Gasteiger partial charge in [0.15, 0.2) is 0 Å². The predicted molar refractivity (Wildman–Crippen MR) is 105 cm³/mol. The number of nitrogens with zero attached hydrogens (tertiary/aromatic N) is 2. The van der Waals surface area contributed by atoms with Crippen LogP contribution in [0.3, 0.4) is 0 Å². The van der Waals surface area contributed by atoms with Gasteiger partial charge < -0.3 is 14.2 Å². The Morgan fingerprint density at radius 1 is 1.04 bits per heavy atom. The van der Waals surface area contributed by atoms with Crippen LogP contribution in [-0.2, 0) is 16.0 Å². The summed E-state index contributed by atoms with van der Waals surface area (Å²) in [6, 6.07) is 3.84. The third kappa shape index (κ3) is 3.47. The van der Waals surface area contributed by atoms with Crippen LogP contribution in [-0.4, -0.2) is 47.3 Å². The zero-order valence-electron chi connectivity index (χ0n) is 16.3. The van der Waals surface area contributed by atoms with E-state index in [1.807, 2.05) is 15.9 Å². The summed E-state index contributed by atoms with van der Waals surface area (Å²) < 4.78 is 5.68. The smallest absolute Gasteiger partial charge is 0.245 e. The SMILES string of the molecule is Cc1cc2occ(CC(=O)N3CCCC[C@H]3C(=O)N3CCCC3)c2cc1C. The van der Waals surface area contributed by atoms with Gasteiger partial charge >= 0.3 is 0 Å². The molecule has 3 heterocycles. The molecule has 0 bridgehead atoms. The molecule has 1 atom stereocenters. The molecule has 0 radical (unpaired) electrons. The molecule has 0 saturated carbocycles. The third-order valence-corrected chi connectivity index (χ3v) is 6.14. The minimum Gasteiger partial charge on any atom is -0.464 e. The van der Waals surface area contributed by atoms with E-state index in [0.29, 0.717) is 13.0 Å². The van der Waals surface area contributed by atoms with Crippen molar-refractivity contribution in [3.8, 4) is 0 Å². The number of rotatable bonds is 3. The van der Waals surface area contributed by atoms with Gasteiger partial charge in [-0.15, -0.1) is 0 Å². The molecule has 5 heteroatoms. The highest BCUT2D eigenvalue weighted by molar-refractivity contribution is 5.92. The van der Waals surface area contributed by atoms with Crippen LogP contribution in [0.1, 0.15) is 48.8 Å². The highest BCUT2D eigenvalue weighted by atomic mass is 16.3. The molecule has 0 spiro atoms. The fourth-order valence-electron chi connectivity index (χ4n) is 4.37. The molecule has 144 valence electrons. The van der Waals surface area contributed by atoms with Crippen molar-refractivity contribution in [2.75, 3.05) is 19.6 Å². The first-order chi connectivity index (χ1) is 13.0. The Hall–Kier alpha value is -2.30. The molecule has 1 aromatic heterocycles. The lowest BCUT2D eigenvalue weighted by Crippen LogP contribution is -2.52. The average Bonchev–Trinajstić information content (AvgIpc) is 3.33. The summed E-state index contributed by atoms with van der Waals surface area (Å²) in [5, 5.41) is 1.01. The summed E-state index contributed by atoms with van der Waals surface area (Å²) in [4.78, 5) is 29.8. The first-order valence-corrected chi connectivity index (χ1v) is 10.1. The second-order valence-corrected chi connectivity index (χ2v) is 8.00. The van der Waals surface area contributed by atoms with Gasteiger partial charge in [0.2, 0.25) is 11.8 Å². The van der Waals surface area contributed by atoms with Crippen LogP contribution in [0.2, 0.25) is 0 Å². The number of aryl methyl sites for hydroxylation is 2. The van der Waals surface area contributed by atoms with E-state index in [9.17, 15) is 9.59 Å². The van der Waals surface area contributed by atoms with Gasteiger partial charge in [-0.1, -0.05) is 0 Å². The number of furan rings is 1. The van der Waals surface area contributed by atoms with Crippen LogP contribution in [0.4, 0.5) is 0 Å². The molecule has 2 saturated heterocycles. The molecule has 2 aliphatic rings. The fraction of sp³-hybridized carbons (Fsp3) is 0.545. The van der Waals surface area contributed by atoms with E-state index in [0.717, 1.165) is 61.7 Å². The number of hydrogen-bond acceptors (Lipinski definition) is 3. The number of carbonyl (C=O) groups excluding carboxylic acids is 2. The van der Waals surface area contributed by atoms with E-state index < -0.39 is 0 Å². The fourth-order valence-corrected chi connectivity index (χ4v) is 4.37. The molecular weight excluding hydrogens is 340 g/mol. The van der Waals surface area contributed by atoms with Gasteiger partial charge in [-0.3, -0.25) is 9.59 Å². The monoisotopic (exact) mass is 368 g/mol. The van der Waals surface area contributed by atoms with E-state index in [4.69, 9.17) is 4.42 Å². The van der Waals surface area contributed by atoms with E-state index >= 15 is 0 Å². The second-order valence-electron chi connectivity index (χ2n) is 8.00. The maximum Gasteiger partial charge on any atom is 0.245 e. The summed E-state index contributed by atoms with van der Waals surface area (Å²) >= 11 is 0. The van der Waals surface area contributed by atoms with E-state index in [1.54, 1.807) is 6.26 Å². The molecule has 1 aromatic carbocycles. The quantitative estimate of drug-likeness (QED) is 0.832. The Labute approximate surface area is 160 Å². The first kappa shape index (κ1) is 18.1. The molecule has 0 aliphatic carbocycles. The molecular formula is C22H28N2O3. The van der Waals surface area contributed by atoms with Crippen LogP contribution in [0.5, 0.6) is 0 Å². The minimum atomic E-state index is -0.286. The highest BCUT2D eigenvalue weighted by Crippen LogP contribution is 2.27. The molecule has 5 nitrogen and oxygen atoms in total. The topological polar surface area (TPSA) is 53.8 Å². The Balaban J connectivity index is 1.54. The van der Waals surface area contributed by atoms with Crippen LogP contribution in [0.25, 0.3) is 11.0 Å². The summed E-state index contributed by atoms with van der Waals surface area (Å²) in [7, 11) is 0. The Morgan fingerprint density at radius 3 is 2.52 bits per heavy atom. The zero-order valence-corrected chi connectivity index (χ0v) is 16.3. The molecule has 27 heavy (non-hydrogen) atoms. The van der Waals surface area contributed by atoms with Crippen molar-refractivity contribution in [2.45, 2.75) is 58.4 Å². The predicted octanol–water partition coefficient (Wildman–Crippen LogP) is 3.60. The molecule has 2 aliphatic heterocycles. The summed E-state index contributed by atoms with van der Waals surface area (Å²) in [6.45, 7) is 6.48. The van der Waals surface area contributed by atoms with Crippen molar-refractivity contribution >= 4 is 22.8 Å². The molecule has 4 rings (SSSR count). The zero-order chi connectivity index (χ0) is 19.0. The molecule has 2 amide bonds. The summed E-state index contributed by atoms with van der Waals surface area (Å²) in [5.41, 5.74) is 4.11. The van der Waals surface area contributed by atoms with Gasteiger partial charge in [0.1, 0.15) is 11.6 Å². The maximum atomic E-state index is 13.1. The van der Waals surface area contributed by atoms with Crippen molar-refractivity contribution < 1.29 is 14.0 Å². The minimum absolute atomic E-state index is 0.0353. The number of piperidine rings is 1. The highest BCUT2D eigenvalue weighted by Gasteiger charge is 2.35. The standard InChI is InChI=1S/C22H28N2O3/c1-15-11-18-17(14-27-20(18)12-16(15)2)13-21(25)24-10-4-3-7-19(24)22(26)23-8-5-6-9-23/h11-12,14,19H,3-10,13H2,1-2H3/t19-/m0/s1. The van der Waals surface area contributed by atoms with Crippen LogP contribution in [0.15, 0.2) is 22.8 Å². The lowest BCUT2D eigenvalue weighted by molar-refractivity contribution is -0.146. The molecule has 0 unspecified atom stereocenters. The van der Waals surface area contributed by atoms with Gasteiger partial charge in [-0.05, 0) is 69.2 Å². The van der Waals surface area contributed by atoms with E-state index in [1.165, 1.54) is 11.1 Å². The van der Waals surface area contributed by atoms with Crippen LogP contribution in [0, 0.1) is 13.8 Å². The van der Waals surface area contributed by atoms with Crippen LogP contribution < -0.4 is 0 Å². The maximum absolute atomic E-state index is 13.1. The number of amides is 2. The Kier molecular flexibility index (Phi) is 4.94. The van der Waals surface area contributed by atoms with Gasteiger partial charge in [-0.25, -0.2) is 0 Å².